The van der Waals surface area contributed by atoms with Crippen LogP contribution in [0.4, 0.5) is 0 Å². The summed E-state index contributed by atoms with van der Waals surface area (Å²) in [6.07, 6.45) is 1.04. The normalized spacial score (nSPS) is 19.9. The second-order valence-corrected chi connectivity index (χ2v) is 4.94. The molecule has 0 radical (unpaired) electrons. The van der Waals surface area contributed by atoms with Crippen LogP contribution in [0.5, 0.6) is 0 Å². The van der Waals surface area contributed by atoms with Crippen molar-refractivity contribution in [2.24, 2.45) is 5.92 Å². The zero-order valence-electron chi connectivity index (χ0n) is 10.7. The summed E-state index contributed by atoms with van der Waals surface area (Å²) in [5.41, 5.74) is 0.941. The quantitative estimate of drug-likeness (QED) is 0.902. The monoisotopic (exact) mass is 259 g/mol. The highest BCUT2D eigenvalue weighted by Crippen LogP contribution is 2.20. The molecule has 1 aromatic carbocycles. The van der Waals surface area contributed by atoms with Gasteiger partial charge in [-0.3, -0.25) is 4.90 Å². The van der Waals surface area contributed by atoms with Gasteiger partial charge in [0.25, 0.3) is 0 Å². The Hall–Kier alpha value is -1.72. The summed E-state index contributed by atoms with van der Waals surface area (Å²) in [5.74, 6) is 1.59. The molecule has 2 aromatic rings. The first-order valence-electron chi connectivity index (χ1n) is 6.56. The topological polar surface area (TPSA) is 62.4 Å². The van der Waals surface area contributed by atoms with Crippen LogP contribution >= 0.6 is 0 Å². The minimum atomic E-state index is 0.260. The van der Waals surface area contributed by atoms with Gasteiger partial charge in [-0.25, -0.2) is 0 Å². The fourth-order valence-corrected chi connectivity index (χ4v) is 2.41. The summed E-state index contributed by atoms with van der Waals surface area (Å²) in [5, 5.41) is 17.3. The highest BCUT2D eigenvalue weighted by molar-refractivity contribution is 5.51. The molecule has 19 heavy (non-hydrogen) atoms. The van der Waals surface area contributed by atoms with Crippen LogP contribution in [-0.4, -0.2) is 39.9 Å². The van der Waals surface area contributed by atoms with E-state index in [4.69, 9.17) is 9.52 Å². The summed E-state index contributed by atoms with van der Waals surface area (Å²) in [6.45, 7) is 2.81. The van der Waals surface area contributed by atoms with Gasteiger partial charge in [-0.2, -0.15) is 0 Å². The van der Waals surface area contributed by atoms with Gasteiger partial charge in [0, 0.05) is 18.7 Å². The molecule has 0 spiro atoms. The van der Waals surface area contributed by atoms with E-state index in [1.165, 1.54) is 0 Å². The average Bonchev–Trinajstić information content (AvgIpc) is 3.09. The Bertz CT molecular complexity index is 526. The zero-order valence-corrected chi connectivity index (χ0v) is 10.7. The predicted octanol–water partition coefficient (Wildman–Crippen LogP) is 1.55. The van der Waals surface area contributed by atoms with Gasteiger partial charge in [-0.05, 0) is 31.0 Å². The zero-order chi connectivity index (χ0) is 13.1. The van der Waals surface area contributed by atoms with Crippen LogP contribution in [0.25, 0.3) is 11.5 Å². The Morgan fingerprint density at radius 1 is 1.26 bits per heavy atom. The molecule has 2 heterocycles. The van der Waals surface area contributed by atoms with Gasteiger partial charge >= 0.3 is 0 Å². The highest BCUT2D eigenvalue weighted by Gasteiger charge is 2.23. The number of rotatable bonds is 4. The van der Waals surface area contributed by atoms with Gasteiger partial charge in [0.2, 0.25) is 11.8 Å². The first kappa shape index (κ1) is 12.3. The van der Waals surface area contributed by atoms with Crippen molar-refractivity contribution < 1.29 is 9.52 Å². The van der Waals surface area contributed by atoms with Crippen molar-refractivity contribution in [2.75, 3.05) is 19.7 Å². The van der Waals surface area contributed by atoms with Gasteiger partial charge in [0.05, 0.1) is 6.54 Å². The van der Waals surface area contributed by atoms with E-state index in [-0.39, 0.29) is 6.61 Å². The van der Waals surface area contributed by atoms with Crippen LogP contribution < -0.4 is 0 Å². The van der Waals surface area contributed by atoms with Crippen molar-refractivity contribution in [2.45, 2.75) is 13.0 Å². The van der Waals surface area contributed by atoms with Gasteiger partial charge in [-0.15, -0.1) is 10.2 Å². The molecule has 0 amide bonds. The maximum Gasteiger partial charge on any atom is 0.247 e. The lowest BCUT2D eigenvalue weighted by Gasteiger charge is -2.12. The van der Waals surface area contributed by atoms with Crippen LogP contribution in [0, 0.1) is 5.92 Å². The van der Waals surface area contributed by atoms with Crippen LogP contribution in [-0.2, 0) is 6.54 Å². The predicted molar refractivity (Wildman–Crippen MR) is 70.2 cm³/mol. The molecule has 1 saturated heterocycles. The van der Waals surface area contributed by atoms with Crippen LogP contribution in [0.3, 0.4) is 0 Å². The summed E-state index contributed by atoms with van der Waals surface area (Å²) in [4.78, 5) is 2.24. The number of likely N-dealkylation sites (tertiary alicyclic amines) is 1. The fraction of sp³-hybridized carbons (Fsp3) is 0.429. The molecule has 1 unspecified atom stereocenters. The lowest BCUT2D eigenvalue weighted by molar-refractivity contribution is 0.215. The number of hydrogen-bond acceptors (Lipinski definition) is 5. The molecule has 1 N–H and O–H groups in total. The Kier molecular flexibility index (Phi) is 3.57. The highest BCUT2D eigenvalue weighted by atomic mass is 16.4. The first-order chi connectivity index (χ1) is 9.35. The number of aliphatic hydroxyl groups is 1. The van der Waals surface area contributed by atoms with E-state index in [0.717, 1.165) is 25.1 Å². The second-order valence-electron chi connectivity index (χ2n) is 4.94. The standard InChI is InChI=1S/C14H17N3O2/c18-10-11-6-7-17(8-11)9-13-15-16-14(19-13)12-4-2-1-3-5-12/h1-5,11,18H,6-10H2. The molecule has 0 saturated carbocycles. The fourth-order valence-electron chi connectivity index (χ4n) is 2.41. The molecule has 1 atom stereocenters. The third-order valence-electron chi connectivity index (χ3n) is 3.47. The third kappa shape index (κ3) is 2.83. The molecule has 1 aliphatic heterocycles. The van der Waals surface area contributed by atoms with Gasteiger partial charge < -0.3 is 9.52 Å². The molecular formula is C14H17N3O2. The molecule has 100 valence electrons. The summed E-state index contributed by atoms with van der Waals surface area (Å²) in [6, 6.07) is 9.76. The molecule has 1 fully saturated rings. The van der Waals surface area contributed by atoms with E-state index < -0.39 is 0 Å². The Balaban J connectivity index is 1.66. The minimum absolute atomic E-state index is 0.260. The smallest absolute Gasteiger partial charge is 0.247 e. The number of aromatic nitrogens is 2. The van der Waals surface area contributed by atoms with Crippen molar-refractivity contribution >= 4 is 0 Å². The SMILES string of the molecule is OCC1CCN(Cc2nnc(-c3ccccc3)o2)C1. The lowest BCUT2D eigenvalue weighted by atomic mass is 10.1. The summed E-state index contributed by atoms with van der Waals surface area (Å²) < 4.78 is 5.67. The Morgan fingerprint density at radius 3 is 2.84 bits per heavy atom. The van der Waals surface area contributed by atoms with E-state index in [2.05, 4.69) is 15.1 Å². The van der Waals surface area contributed by atoms with Gasteiger partial charge in [0.1, 0.15) is 0 Å². The number of hydrogen-bond donors (Lipinski definition) is 1. The van der Waals surface area contributed by atoms with Crippen LogP contribution in [0.1, 0.15) is 12.3 Å². The van der Waals surface area contributed by atoms with Gasteiger partial charge in [0.15, 0.2) is 0 Å². The van der Waals surface area contributed by atoms with E-state index in [1.54, 1.807) is 0 Å². The van der Waals surface area contributed by atoms with Crippen LogP contribution in [0.15, 0.2) is 34.7 Å². The third-order valence-corrected chi connectivity index (χ3v) is 3.47. The molecule has 5 heteroatoms. The number of nitrogens with zero attached hydrogens (tertiary/aromatic N) is 3. The molecule has 1 aromatic heterocycles. The summed E-state index contributed by atoms with van der Waals surface area (Å²) in [7, 11) is 0. The largest absolute Gasteiger partial charge is 0.419 e. The average molecular weight is 259 g/mol. The Morgan fingerprint density at radius 2 is 2.11 bits per heavy atom. The maximum absolute atomic E-state index is 9.12. The van der Waals surface area contributed by atoms with Crippen LogP contribution in [0.2, 0.25) is 0 Å². The summed E-state index contributed by atoms with van der Waals surface area (Å²) >= 11 is 0. The minimum Gasteiger partial charge on any atom is -0.419 e. The molecule has 1 aliphatic rings. The van der Waals surface area contributed by atoms with Crippen molar-refractivity contribution in [3.63, 3.8) is 0 Å². The molecule has 5 nitrogen and oxygen atoms in total. The Labute approximate surface area is 111 Å². The van der Waals surface area contributed by atoms with E-state index >= 15 is 0 Å². The lowest BCUT2D eigenvalue weighted by Crippen LogP contribution is -2.21. The number of benzene rings is 1. The molecule has 3 rings (SSSR count). The van der Waals surface area contributed by atoms with Crippen molar-refractivity contribution in [3.05, 3.63) is 36.2 Å². The maximum atomic E-state index is 9.12. The number of aliphatic hydroxyl groups excluding tert-OH is 1. The van der Waals surface area contributed by atoms with E-state index in [1.807, 2.05) is 30.3 Å². The van der Waals surface area contributed by atoms with E-state index in [0.29, 0.717) is 24.2 Å². The van der Waals surface area contributed by atoms with Crippen molar-refractivity contribution in [1.29, 1.82) is 0 Å². The van der Waals surface area contributed by atoms with Crippen molar-refractivity contribution in [3.8, 4) is 11.5 Å². The van der Waals surface area contributed by atoms with Gasteiger partial charge in [-0.1, -0.05) is 18.2 Å². The molecule has 0 aliphatic carbocycles. The molecular weight excluding hydrogens is 242 g/mol. The molecule has 0 bridgehead atoms. The second kappa shape index (κ2) is 5.50. The first-order valence-corrected chi connectivity index (χ1v) is 6.56. The van der Waals surface area contributed by atoms with E-state index in [9.17, 15) is 0 Å². The van der Waals surface area contributed by atoms with Crippen molar-refractivity contribution in [1.82, 2.24) is 15.1 Å².